The van der Waals surface area contributed by atoms with Crippen LogP contribution in [0, 0.1) is 0 Å². The number of benzene rings is 1. The maximum Gasteiger partial charge on any atom is 0.0356 e. The molecule has 0 saturated carbocycles. The van der Waals surface area contributed by atoms with Gasteiger partial charge in [0.25, 0.3) is 0 Å². The van der Waals surface area contributed by atoms with Crippen molar-refractivity contribution >= 4 is 25.3 Å². The zero-order valence-electron chi connectivity index (χ0n) is 10.4. The molecule has 0 aliphatic heterocycles. The second-order valence-electron chi connectivity index (χ2n) is 4.98. The molecule has 0 amide bonds. The Morgan fingerprint density at radius 1 is 1.18 bits per heavy atom. The third-order valence-corrected chi connectivity index (χ3v) is 4.80. The molecule has 2 rings (SSSR count). The second kappa shape index (κ2) is 4.58. The van der Waals surface area contributed by atoms with Gasteiger partial charge in [0.2, 0.25) is 0 Å². The third-order valence-electron chi connectivity index (χ3n) is 3.47. The van der Waals surface area contributed by atoms with Crippen LogP contribution in [0.2, 0.25) is 0 Å². The average molecular weight is 262 g/mol. The lowest BCUT2D eigenvalue weighted by molar-refractivity contribution is 0.582. The van der Waals surface area contributed by atoms with Gasteiger partial charge in [0.05, 0.1) is 0 Å². The number of thiol groups is 2. The molecule has 1 aromatic carbocycles. The van der Waals surface area contributed by atoms with Gasteiger partial charge in [-0.3, -0.25) is 0 Å². The summed E-state index contributed by atoms with van der Waals surface area (Å²) >= 11 is 9.37. The predicted molar refractivity (Wildman–Crippen MR) is 81.3 cm³/mol. The van der Waals surface area contributed by atoms with Crippen LogP contribution >= 0.6 is 25.3 Å². The monoisotopic (exact) mass is 262 g/mol. The van der Waals surface area contributed by atoms with Crippen molar-refractivity contribution in [2.75, 3.05) is 0 Å². The molecule has 0 saturated heterocycles. The molecule has 90 valence electrons. The standard InChI is InChI=1S/C15H18S2/c1-10-8-11(2)14(17)15(3,9-10)12-6-4-5-7-13(12)16/h4-9,14,16-17H,1-3H3/t14-,15-/m0/s1. The molecule has 0 nitrogen and oxygen atoms in total. The summed E-state index contributed by atoms with van der Waals surface area (Å²) in [4.78, 5) is 1.04. The van der Waals surface area contributed by atoms with Gasteiger partial charge in [0.15, 0.2) is 0 Å². The Morgan fingerprint density at radius 2 is 1.82 bits per heavy atom. The maximum absolute atomic E-state index is 4.79. The molecular formula is C15H18S2. The van der Waals surface area contributed by atoms with E-state index in [0.717, 1.165) is 4.90 Å². The van der Waals surface area contributed by atoms with Crippen LogP contribution in [0.3, 0.4) is 0 Å². The van der Waals surface area contributed by atoms with Gasteiger partial charge in [-0.1, -0.05) is 48.4 Å². The van der Waals surface area contributed by atoms with Gasteiger partial charge in [0, 0.05) is 15.6 Å². The van der Waals surface area contributed by atoms with E-state index in [9.17, 15) is 0 Å². The van der Waals surface area contributed by atoms with Gasteiger partial charge in [-0.15, -0.1) is 12.6 Å². The Labute approximate surface area is 115 Å². The molecule has 1 aromatic rings. The molecule has 0 heterocycles. The summed E-state index contributed by atoms with van der Waals surface area (Å²) in [6, 6.07) is 8.28. The van der Waals surface area contributed by atoms with Crippen molar-refractivity contribution in [3.63, 3.8) is 0 Å². The van der Waals surface area contributed by atoms with E-state index >= 15 is 0 Å². The first-order valence-corrected chi connectivity index (χ1v) is 6.75. The average Bonchev–Trinajstić information content (AvgIpc) is 2.26. The maximum atomic E-state index is 4.79. The minimum atomic E-state index is -0.0790. The van der Waals surface area contributed by atoms with Crippen molar-refractivity contribution in [3.8, 4) is 0 Å². The molecular weight excluding hydrogens is 244 g/mol. The number of allylic oxidation sites excluding steroid dienone is 3. The Kier molecular flexibility index (Phi) is 3.46. The highest BCUT2D eigenvalue weighted by Crippen LogP contribution is 2.42. The van der Waals surface area contributed by atoms with E-state index in [1.807, 2.05) is 12.1 Å². The van der Waals surface area contributed by atoms with Crippen molar-refractivity contribution in [2.24, 2.45) is 0 Å². The molecule has 0 bridgehead atoms. The van der Waals surface area contributed by atoms with Crippen molar-refractivity contribution < 1.29 is 0 Å². The Bertz CT molecular complexity index is 499. The van der Waals surface area contributed by atoms with Crippen LogP contribution in [0.1, 0.15) is 26.3 Å². The van der Waals surface area contributed by atoms with Crippen LogP contribution in [0.15, 0.2) is 52.5 Å². The smallest absolute Gasteiger partial charge is 0.0356 e. The van der Waals surface area contributed by atoms with Crippen molar-refractivity contribution in [1.82, 2.24) is 0 Å². The molecule has 0 radical (unpaired) electrons. The SMILES string of the molecule is CC1=C[C@@](C)(c2ccccc2S)[C@@H](S)C(C)=C1. The van der Waals surface area contributed by atoms with E-state index in [2.05, 4.69) is 57.7 Å². The number of hydrogen-bond acceptors (Lipinski definition) is 2. The third kappa shape index (κ3) is 2.21. The second-order valence-corrected chi connectivity index (χ2v) is 5.98. The van der Waals surface area contributed by atoms with Gasteiger partial charge < -0.3 is 0 Å². The Morgan fingerprint density at radius 3 is 2.47 bits per heavy atom. The Balaban J connectivity index is 2.58. The van der Waals surface area contributed by atoms with Crippen LogP contribution in [0.25, 0.3) is 0 Å². The predicted octanol–water partition coefficient (Wildman–Crippen LogP) is 4.44. The highest BCUT2D eigenvalue weighted by Gasteiger charge is 2.36. The van der Waals surface area contributed by atoms with Crippen LogP contribution in [-0.4, -0.2) is 5.25 Å². The minimum absolute atomic E-state index is 0.0790. The fourth-order valence-corrected chi connectivity index (χ4v) is 3.35. The van der Waals surface area contributed by atoms with Crippen LogP contribution < -0.4 is 0 Å². The van der Waals surface area contributed by atoms with E-state index in [-0.39, 0.29) is 10.7 Å². The van der Waals surface area contributed by atoms with Crippen molar-refractivity contribution in [2.45, 2.75) is 36.3 Å². The molecule has 0 fully saturated rings. The molecule has 0 spiro atoms. The summed E-state index contributed by atoms with van der Waals surface area (Å²) in [5.41, 5.74) is 3.78. The van der Waals surface area contributed by atoms with Gasteiger partial charge >= 0.3 is 0 Å². The molecule has 2 heteroatoms. The lowest BCUT2D eigenvalue weighted by Gasteiger charge is -2.37. The fraction of sp³-hybridized carbons (Fsp3) is 0.333. The highest BCUT2D eigenvalue weighted by molar-refractivity contribution is 7.81. The zero-order valence-corrected chi connectivity index (χ0v) is 12.2. The fourth-order valence-electron chi connectivity index (χ4n) is 2.66. The quantitative estimate of drug-likeness (QED) is 0.687. The summed E-state index contributed by atoms with van der Waals surface area (Å²) < 4.78 is 0. The Hall–Kier alpha value is -0.600. The van der Waals surface area contributed by atoms with Crippen molar-refractivity contribution in [1.29, 1.82) is 0 Å². The molecule has 2 atom stereocenters. The van der Waals surface area contributed by atoms with Crippen LogP contribution in [0.5, 0.6) is 0 Å². The normalized spacial score (nSPS) is 28.6. The molecule has 0 aromatic heterocycles. The molecule has 1 aliphatic carbocycles. The minimum Gasteiger partial charge on any atom is -0.170 e. The van der Waals surface area contributed by atoms with Gasteiger partial charge in [-0.05, 0) is 25.5 Å². The first-order chi connectivity index (χ1) is 7.95. The largest absolute Gasteiger partial charge is 0.170 e. The summed E-state index contributed by atoms with van der Waals surface area (Å²) in [6.07, 6.45) is 4.51. The number of hydrogen-bond donors (Lipinski definition) is 2. The summed E-state index contributed by atoms with van der Waals surface area (Å²) in [6.45, 7) is 6.52. The summed E-state index contributed by atoms with van der Waals surface area (Å²) in [5.74, 6) is 0. The van der Waals surface area contributed by atoms with Crippen LogP contribution in [0.4, 0.5) is 0 Å². The summed E-state index contributed by atoms with van der Waals surface area (Å²) in [5, 5.41) is 0.208. The summed E-state index contributed by atoms with van der Waals surface area (Å²) in [7, 11) is 0. The first kappa shape index (κ1) is 12.8. The molecule has 17 heavy (non-hydrogen) atoms. The number of rotatable bonds is 1. The topological polar surface area (TPSA) is 0 Å². The van der Waals surface area contributed by atoms with Gasteiger partial charge in [-0.25, -0.2) is 0 Å². The van der Waals surface area contributed by atoms with Crippen molar-refractivity contribution in [3.05, 3.63) is 53.1 Å². The molecule has 1 aliphatic rings. The first-order valence-electron chi connectivity index (χ1n) is 5.79. The van der Waals surface area contributed by atoms with Gasteiger partial charge in [0.1, 0.15) is 0 Å². The highest BCUT2D eigenvalue weighted by atomic mass is 32.1. The lowest BCUT2D eigenvalue weighted by atomic mass is 9.73. The van der Waals surface area contributed by atoms with E-state index in [0.29, 0.717) is 0 Å². The van der Waals surface area contributed by atoms with E-state index < -0.39 is 0 Å². The zero-order chi connectivity index (χ0) is 12.6. The molecule has 0 unspecified atom stereocenters. The lowest BCUT2D eigenvalue weighted by Crippen LogP contribution is -2.34. The van der Waals surface area contributed by atoms with Gasteiger partial charge in [-0.2, -0.15) is 12.6 Å². The van der Waals surface area contributed by atoms with E-state index in [4.69, 9.17) is 12.6 Å². The molecule has 0 N–H and O–H groups in total. The van der Waals surface area contributed by atoms with Crippen LogP contribution in [-0.2, 0) is 5.41 Å². The van der Waals surface area contributed by atoms with E-state index in [1.165, 1.54) is 16.7 Å². The van der Waals surface area contributed by atoms with E-state index in [1.54, 1.807) is 0 Å².